The van der Waals surface area contributed by atoms with Crippen molar-refractivity contribution in [3.05, 3.63) is 53.5 Å². The number of amides is 1. The maximum atomic E-state index is 12.7. The van der Waals surface area contributed by atoms with E-state index in [1.807, 2.05) is 17.5 Å². The predicted octanol–water partition coefficient (Wildman–Crippen LogP) is 3.23. The molecule has 1 N–H and O–H groups in total. The Labute approximate surface area is 166 Å². The maximum Gasteiger partial charge on any atom is 0.276 e. The van der Waals surface area contributed by atoms with Gasteiger partial charge in [0.1, 0.15) is 5.75 Å². The summed E-state index contributed by atoms with van der Waals surface area (Å²) in [5.74, 6) is 0.550. The SMILES string of the molecule is COc1ccc(NC(=O)c2cc(-c3cccs3)n([C@@H]3CCS(=O)(=O)C3)n2)cc1. The Balaban J connectivity index is 1.63. The number of anilines is 1. The minimum absolute atomic E-state index is 0.0482. The third-order valence-electron chi connectivity index (χ3n) is 4.64. The summed E-state index contributed by atoms with van der Waals surface area (Å²) < 4.78 is 30.6. The van der Waals surface area contributed by atoms with Crippen LogP contribution in [-0.2, 0) is 9.84 Å². The lowest BCUT2D eigenvalue weighted by atomic mass is 10.2. The highest BCUT2D eigenvalue weighted by Crippen LogP contribution is 2.32. The van der Waals surface area contributed by atoms with Gasteiger partial charge in [-0.2, -0.15) is 5.10 Å². The Morgan fingerprint density at radius 3 is 2.68 bits per heavy atom. The third kappa shape index (κ3) is 3.81. The molecule has 1 aliphatic rings. The number of carbonyl (C=O) groups is 1. The molecule has 0 bridgehead atoms. The molecule has 1 saturated heterocycles. The second-order valence-corrected chi connectivity index (χ2v) is 9.75. The van der Waals surface area contributed by atoms with E-state index in [0.29, 0.717) is 17.9 Å². The molecule has 9 heteroatoms. The van der Waals surface area contributed by atoms with Crippen molar-refractivity contribution in [2.45, 2.75) is 12.5 Å². The number of hydrogen-bond donors (Lipinski definition) is 1. The first-order valence-electron chi connectivity index (χ1n) is 8.74. The zero-order valence-corrected chi connectivity index (χ0v) is 16.8. The van der Waals surface area contributed by atoms with Crippen LogP contribution >= 0.6 is 11.3 Å². The molecular formula is C19H19N3O4S2. The number of thiophene rings is 1. The van der Waals surface area contributed by atoms with Crippen molar-refractivity contribution in [3.8, 4) is 16.3 Å². The molecule has 1 aromatic carbocycles. The molecule has 146 valence electrons. The van der Waals surface area contributed by atoms with Crippen LogP contribution in [0.2, 0.25) is 0 Å². The Kier molecular flexibility index (Phi) is 4.94. The number of sulfone groups is 1. The zero-order valence-electron chi connectivity index (χ0n) is 15.2. The molecule has 0 saturated carbocycles. The molecule has 3 heterocycles. The van der Waals surface area contributed by atoms with Gasteiger partial charge in [-0.05, 0) is 48.2 Å². The summed E-state index contributed by atoms with van der Waals surface area (Å²) in [5, 5.41) is 9.22. The van der Waals surface area contributed by atoms with Gasteiger partial charge in [0, 0.05) is 5.69 Å². The summed E-state index contributed by atoms with van der Waals surface area (Å²) >= 11 is 1.53. The number of nitrogens with zero attached hydrogens (tertiary/aromatic N) is 2. The van der Waals surface area contributed by atoms with Gasteiger partial charge in [-0.1, -0.05) is 6.07 Å². The van der Waals surface area contributed by atoms with E-state index < -0.39 is 9.84 Å². The molecule has 7 nitrogen and oxygen atoms in total. The number of ether oxygens (including phenoxy) is 1. The lowest BCUT2D eigenvalue weighted by Crippen LogP contribution is -2.16. The first kappa shape index (κ1) is 18.7. The number of methoxy groups -OCH3 is 1. The fraction of sp³-hybridized carbons (Fsp3) is 0.263. The largest absolute Gasteiger partial charge is 0.497 e. The van der Waals surface area contributed by atoms with E-state index in [-0.39, 0.29) is 29.1 Å². The van der Waals surface area contributed by atoms with E-state index >= 15 is 0 Å². The van der Waals surface area contributed by atoms with Crippen LogP contribution < -0.4 is 10.1 Å². The van der Waals surface area contributed by atoms with Crippen LogP contribution in [-0.4, -0.2) is 42.7 Å². The molecule has 0 aliphatic carbocycles. The fourth-order valence-electron chi connectivity index (χ4n) is 3.23. The van der Waals surface area contributed by atoms with Crippen molar-refractivity contribution in [3.63, 3.8) is 0 Å². The molecule has 2 aromatic heterocycles. The van der Waals surface area contributed by atoms with Crippen LogP contribution in [0.3, 0.4) is 0 Å². The number of carbonyl (C=O) groups excluding carboxylic acids is 1. The number of rotatable bonds is 5. The molecule has 3 aromatic rings. The lowest BCUT2D eigenvalue weighted by molar-refractivity contribution is 0.102. The maximum absolute atomic E-state index is 12.7. The van der Waals surface area contributed by atoms with Crippen molar-refractivity contribution in [1.29, 1.82) is 0 Å². The van der Waals surface area contributed by atoms with Crippen molar-refractivity contribution in [2.24, 2.45) is 0 Å². The highest BCUT2D eigenvalue weighted by atomic mass is 32.2. The van der Waals surface area contributed by atoms with E-state index in [9.17, 15) is 13.2 Å². The normalized spacial score (nSPS) is 18.1. The fourth-order valence-corrected chi connectivity index (χ4v) is 5.66. The van der Waals surface area contributed by atoms with Gasteiger partial charge in [-0.15, -0.1) is 11.3 Å². The van der Waals surface area contributed by atoms with Crippen molar-refractivity contribution >= 4 is 32.8 Å². The number of nitrogens with one attached hydrogen (secondary N) is 1. The molecule has 0 radical (unpaired) electrons. The van der Waals surface area contributed by atoms with E-state index in [4.69, 9.17) is 4.74 Å². The third-order valence-corrected chi connectivity index (χ3v) is 7.29. The van der Waals surface area contributed by atoms with Gasteiger partial charge in [-0.25, -0.2) is 8.42 Å². The zero-order chi connectivity index (χ0) is 19.7. The van der Waals surface area contributed by atoms with E-state index in [1.54, 1.807) is 42.1 Å². The van der Waals surface area contributed by atoms with Gasteiger partial charge in [0.05, 0.1) is 35.2 Å². The van der Waals surface area contributed by atoms with Gasteiger partial charge in [0.2, 0.25) is 0 Å². The van der Waals surface area contributed by atoms with E-state index in [1.165, 1.54) is 11.3 Å². The number of benzene rings is 1. The van der Waals surface area contributed by atoms with Gasteiger partial charge in [0.15, 0.2) is 15.5 Å². The number of hydrogen-bond acceptors (Lipinski definition) is 6. The van der Waals surface area contributed by atoms with Crippen LogP contribution in [0.4, 0.5) is 5.69 Å². The minimum Gasteiger partial charge on any atom is -0.497 e. The molecule has 4 rings (SSSR count). The second-order valence-electron chi connectivity index (χ2n) is 6.58. The Morgan fingerprint density at radius 1 is 1.29 bits per heavy atom. The quantitative estimate of drug-likeness (QED) is 0.688. The first-order chi connectivity index (χ1) is 13.4. The molecular weight excluding hydrogens is 398 g/mol. The lowest BCUT2D eigenvalue weighted by Gasteiger charge is -2.12. The van der Waals surface area contributed by atoms with E-state index in [0.717, 1.165) is 10.6 Å². The monoisotopic (exact) mass is 417 g/mol. The first-order valence-corrected chi connectivity index (χ1v) is 11.4. The van der Waals surface area contributed by atoms with Crippen molar-refractivity contribution in [1.82, 2.24) is 9.78 Å². The van der Waals surface area contributed by atoms with E-state index in [2.05, 4.69) is 10.4 Å². The predicted molar refractivity (Wildman–Crippen MR) is 109 cm³/mol. The van der Waals surface area contributed by atoms with Gasteiger partial charge < -0.3 is 10.1 Å². The summed E-state index contributed by atoms with van der Waals surface area (Å²) in [7, 11) is -1.49. The summed E-state index contributed by atoms with van der Waals surface area (Å²) in [6.45, 7) is 0. The second kappa shape index (κ2) is 7.40. The summed E-state index contributed by atoms with van der Waals surface area (Å²) in [6, 6.07) is 12.3. The average molecular weight is 418 g/mol. The summed E-state index contributed by atoms with van der Waals surface area (Å²) in [6.07, 6.45) is 0.502. The highest BCUT2D eigenvalue weighted by molar-refractivity contribution is 7.91. The molecule has 1 aliphatic heterocycles. The standard InChI is InChI=1S/C19H19N3O4S2/c1-26-15-6-4-13(5-7-15)20-19(23)16-11-17(18-3-2-9-27-18)22(21-16)14-8-10-28(24,25)12-14/h2-7,9,11,14H,8,10,12H2,1H3,(H,20,23)/t14-/m1/s1. The van der Waals surface area contributed by atoms with Crippen LogP contribution in [0.15, 0.2) is 47.8 Å². The Morgan fingerprint density at radius 2 is 2.07 bits per heavy atom. The Bertz CT molecular complexity index is 1090. The van der Waals surface area contributed by atoms with Gasteiger partial charge in [0.25, 0.3) is 5.91 Å². The molecule has 28 heavy (non-hydrogen) atoms. The Hall–Kier alpha value is -2.65. The molecule has 1 atom stereocenters. The van der Waals surface area contributed by atoms with Crippen LogP contribution in [0.25, 0.3) is 10.6 Å². The van der Waals surface area contributed by atoms with Gasteiger partial charge in [-0.3, -0.25) is 9.48 Å². The van der Waals surface area contributed by atoms with Crippen LogP contribution in [0.5, 0.6) is 5.75 Å². The van der Waals surface area contributed by atoms with Crippen LogP contribution in [0.1, 0.15) is 23.0 Å². The number of aromatic nitrogens is 2. The molecule has 0 spiro atoms. The summed E-state index contributed by atoms with van der Waals surface area (Å²) in [4.78, 5) is 13.7. The van der Waals surface area contributed by atoms with Crippen molar-refractivity contribution < 1.29 is 17.9 Å². The molecule has 1 amide bonds. The smallest absolute Gasteiger partial charge is 0.276 e. The van der Waals surface area contributed by atoms with Crippen LogP contribution in [0, 0.1) is 0 Å². The molecule has 1 fully saturated rings. The summed E-state index contributed by atoms with van der Waals surface area (Å²) in [5.41, 5.74) is 1.64. The topological polar surface area (TPSA) is 90.3 Å². The highest BCUT2D eigenvalue weighted by Gasteiger charge is 2.32. The average Bonchev–Trinajstić information content (AvgIpc) is 3.40. The van der Waals surface area contributed by atoms with Gasteiger partial charge >= 0.3 is 0 Å². The van der Waals surface area contributed by atoms with Crippen molar-refractivity contribution in [2.75, 3.05) is 23.9 Å². The molecule has 0 unspecified atom stereocenters. The minimum atomic E-state index is -3.07.